The van der Waals surface area contributed by atoms with Crippen LogP contribution in [-0.4, -0.2) is 26.9 Å². The molecule has 1 fully saturated rings. The topological polar surface area (TPSA) is 87.5 Å². The largest absolute Gasteiger partial charge is 0.493 e. The van der Waals surface area contributed by atoms with Crippen LogP contribution in [-0.2, 0) is 0 Å². The molecule has 0 unspecified atom stereocenters. The number of aromatic hydroxyl groups is 1. The molecule has 0 spiro atoms. The molecular formula is C16H16FN3O3. The highest BCUT2D eigenvalue weighted by atomic mass is 19.1. The standard InChI is InChI=1S/C16H16FN3O3/c17-10-5-7-12(8-6-10)20-15(22)13(14(21)19-16(20)23)9-18-11-3-1-2-4-11/h5-9,11,22H,1-4H2,(H,19,21,23). The first-order valence-corrected chi connectivity index (χ1v) is 7.43. The van der Waals surface area contributed by atoms with Crippen LogP contribution in [0.3, 0.4) is 0 Å². The molecule has 2 aromatic rings. The first-order chi connectivity index (χ1) is 11.1. The molecule has 120 valence electrons. The summed E-state index contributed by atoms with van der Waals surface area (Å²) >= 11 is 0. The van der Waals surface area contributed by atoms with E-state index in [-0.39, 0.29) is 17.3 Å². The van der Waals surface area contributed by atoms with Gasteiger partial charge in [0.1, 0.15) is 11.4 Å². The van der Waals surface area contributed by atoms with Crippen molar-refractivity contribution < 1.29 is 9.50 Å². The number of aromatic amines is 1. The van der Waals surface area contributed by atoms with Gasteiger partial charge in [-0.2, -0.15) is 0 Å². The molecule has 1 aromatic carbocycles. The zero-order valence-electron chi connectivity index (χ0n) is 12.3. The lowest BCUT2D eigenvalue weighted by atomic mass is 10.2. The van der Waals surface area contributed by atoms with Gasteiger partial charge in [-0.05, 0) is 37.1 Å². The van der Waals surface area contributed by atoms with Crippen LogP contribution in [0.2, 0.25) is 0 Å². The van der Waals surface area contributed by atoms with Gasteiger partial charge < -0.3 is 5.11 Å². The number of hydrogen-bond donors (Lipinski definition) is 2. The molecule has 7 heteroatoms. The van der Waals surface area contributed by atoms with Gasteiger partial charge in [0.2, 0.25) is 5.88 Å². The quantitative estimate of drug-likeness (QED) is 0.845. The van der Waals surface area contributed by atoms with Crippen molar-refractivity contribution >= 4 is 6.21 Å². The third kappa shape index (κ3) is 3.08. The predicted molar refractivity (Wildman–Crippen MR) is 84.1 cm³/mol. The molecule has 1 aliphatic rings. The fourth-order valence-corrected chi connectivity index (χ4v) is 2.72. The van der Waals surface area contributed by atoms with Crippen molar-refractivity contribution in [2.75, 3.05) is 0 Å². The summed E-state index contributed by atoms with van der Waals surface area (Å²) in [7, 11) is 0. The van der Waals surface area contributed by atoms with Crippen molar-refractivity contribution in [1.82, 2.24) is 9.55 Å². The summed E-state index contributed by atoms with van der Waals surface area (Å²) in [4.78, 5) is 30.3. The van der Waals surface area contributed by atoms with E-state index in [1.807, 2.05) is 0 Å². The fourth-order valence-electron chi connectivity index (χ4n) is 2.72. The fraction of sp³-hybridized carbons (Fsp3) is 0.312. The van der Waals surface area contributed by atoms with Crippen molar-refractivity contribution in [3.63, 3.8) is 0 Å². The first kappa shape index (κ1) is 15.2. The molecule has 1 aromatic heterocycles. The molecule has 6 nitrogen and oxygen atoms in total. The van der Waals surface area contributed by atoms with Gasteiger partial charge >= 0.3 is 5.69 Å². The predicted octanol–water partition coefficient (Wildman–Crippen LogP) is 1.73. The molecule has 2 N–H and O–H groups in total. The molecule has 0 saturated heterocycles. The van der Waals surface area contributed by atoms with E-state index in [2.05, 4.69) is 9.98 Å². The minimum Gasteiger partial charge on any atom is -0.493 e. The van der Waals surface area contributed by atoms with E-state index in [0.717, 1.165) is 30.3 Å². The smallest absolute Gasteiger partial charge is 0.335 e. The van der Waals surface area contributed by atoms with Crippen LogP contribution in [0.25, 0.3) is 5.69 Å². The van der Waals surface area contributed by atoms with E-state index in [9.17, 15) is 19.1 Å². The Balaban J connectivity index is 2.07. The Morgan fingerprint density at radius 3 is 2.52 bits per heavy atom. The Kier molecular flexibility index (Phi) is 4.10. The van der Waals surface area contributed by atoms with Gasteiger partial charge in [-0.25, -0.2) is 13.8 Å². The minimum atomic E-state index is -0.794. The maximum atomic E-state index is 13.0. The second-order valence-corrected chi connectivity index (χ2v) is 5.52. The van der Waals surface area contributed by atoms with Gasteiger partial charge in [0.25, 0.3) is 5.56 Å². The number of aliphatic imine (C=N–C) groups is 1. The summed E-state index contributed by atoms with van der Waals surface area (Å²) < 4.78 is 13.9. The van der Waals surface area contributed by atoms with Crippen molar-refractivity contribution in [3.05, 3.63) is 56.5 Å². The Labute approximate surface area is 130 Å². The summed E-state index contributed by atoms with van der Waals surface area (Å²) in [5.74, 6) is -0.971. The molecule has 0 aliphatic heterocycles. The maximum Gasteiger partial charge on any atom is 0.335 e. The Hall–Kier alpha value is -2.70. The Morgan fingerprint density at radius 2 is 1.87 bits per heavy atom. The molecule has 1 heterocycles. The number of nitrogens with one attached hydrogen (secondary N) is 1. The molecule has 0 amide bonds. The van der Waals surface area contributed by atoms with Crippen LogP contribution in [0.1, 0.15) is 31.2 Å². The average Bonchev–Trinajstić information content (AvgIpc) is 3.02. The van der Waals surface area contributed by atoms with Gasteiger partial charge in [-0.1, -0.05) is 12.8 Å². The zero-order chi connectivity index (χ0) is 16.4. The normalized spacial score (nSPS) is 15.5. The van der Waals surface area contributed by atoms with Crippen LogP contribution >= 0.6 is 0 Å². The highest BCUT2D eigenvalue weighted by Gasteiger charge is 2.16. The summed E-state index contributed by atoms with van der Waals surface area (Å²) in [6.45, 7) is 0. The number of H-pyrrole nitrogens is 1. The Bertz CT molecular complexity index is 846. The monoisotopic (exact) mass is 317 g/mol. The van der Waals surface area contributed by atoms with E-state index < -0.39 is 22.9 Å². The molecule has 0 bridgehead atoms. The van der Waals surface area contributed by atoms with Gasteiger partial charge in [-0.15, -0.1) is 0 Å². The SMILES string of the molecule is O=c1[nH]c(=O)n(-c2ccc(F)cc2)c(O)c1C=NC1CCCC1. The van der Waals surface area contributed by atoms with Crippen LogP contribution in [0.4, 0.5) is 4.39 Å². The molecule has 0 radical (unpaired) electrons. The van der Waals surface area contributed by atoms with E-state index in [1.165, 1.54) is 30.5 Å². The number of rotatable bonds is 3. The highest BCUT2D eigenvalue weighted by Crippen LogP contribution is 2.21. The van der Waals surface area contributed by atoms with Crippen LogP contribution in [0.5, 0.6) is 5.88 Å². The molecule has 23 heavy (non-hydrogen) atoms. The van der Waals surface area contributed by atoms with Crippen molar-refractivity contribution in [2.24, 2.45) is 4.99 Å². The number of benzene rings is 1. The third-order valence-corrected chi connectivity index (χ3v) is 3.94. The van der Waals surface area contributed by atoms with Crippen LogP contribution in [0.15, 0.2) is 38.8 Å². The summed E-state index contributed by atoms with van der Waals surface area (Å²) in [5, 5.41) is 10.3. The average molecular weight is 317 g/mol. The third-order valence-electron chi connectivity index (χ3n) is 3.94. The van der Waals surface area contributed by atoms with Gasteiger partial charge in [0.15, 0.2) is 0 Å². The first-order valence-electron chi connectivity index (χ1n) is 7.43. The van der Waals surface area contributed by atoms with Gasteiger partial charge in [0, 0.05) is 12.3 Å². The molecule has 0 atom stereocenters. The van der Waals surface area contributed by atoms with Crippen molar-refractivity contribution in [2.45, 2.75) is 31.7 Å². The number of nitrogens with zero attached hydrogens (tertiary/aromatic N) is 2. The second-order valence-electron chi connectivity index (χ2n) is 5.52. The maximum absolute atomic E-state index is 13.0. The van der Waals surface area contributed by atoms with E-state index in [0.29, 0.717) is 0 Å². The van der Waals surface area contributed by atoms with E-state index in [1.54, 1.807) is 0 Å². The summed E-state index contributed by atoms with van der Waals surface area (Å²) in [6, 6.07) is 5.15. The second kappa shape index (κ2) is 6.20. The van der Waals surface area contributed by atoms with Crippen molar-refractivity contribution in [3.8, 4) is 11.6 Å². The highest BCUT2D eigenvalue weighted by molar-refractivity contribution is 5.82. The van der Waals surface area contributed by atoms with E-state index in [4.69, 9.17) is 0 Å². The van der Waals surface area contributed by atoms with E-state index >= 15 is 0 Å². The molecular weight excluding hydrogens is 301 g/mol. The number of aromatic nitrogens is 2. The summed E-state index contributed by atoms with van der Waals surface area (Å²) in [6.07, 6.45) is 5.40. The van der Waals surface area contributed by atoms with Crippen molar-refractivity contribution in [1.29, 1.82) is 0 Å². The minimum absolute atomic E-state index is 0.0826. The number of halogens is 1. The van der Waals surface area contributed by atoms with Crippen LogP contribution in [0, 0.1) is 5.82 Å². The number of hydrogen-bond acceptors (Lipinski definition) is 4. The summed E-state index contributed by atoms with van der Waals surface area (Å²) in [5.41, 5.74) is -1.33. The van der Waals surface area contributed by atoms with Gasteiger partial charge in [-0.3, -0.25) is 14.8 Å². The zero-order valence-corrected chi connectivity index (χ0v) is 12.3. The molecule has 3 rings (SSSR count). The lowest BCUT2D eigenvalue weighted by Crippen LogP contribution is -2.31. The Morgan fingerprint density at radius 1 is 1.22 bits per heavy atom. The molecule has 1 aliphatic carbocycles. The lowest BCUT2D eigenvalue weighted by Gasteiger charge is -2.09. The molecule has 1 saturated carbocycles. The lowest BCUT2D eigenvalue weighted by molar-refractivity contribution is 0.430. The van der Waals surface area contributed by atoms with Crippen LogP contribution < -0.4 is 11.2 Å². The van der Waals surface area contributed by atoms with Gasteiger partial charge in [0.05, 0.1) is 5.69 Å².